The van der Waals surface area contributed by atoms with Crippen LogP contribution in [0.3, 0.4) is 0 Å². The molecule has 0 saturated carbocycles. The summed E-state index contributed by atoms with van der Waals surface area (Å²) in [6.45, 7) is 0.723. The molecule has 0 aliphatic rings. The van der Waals surface area contributed by atoms with Crippen LogP contribution in [-0.2, 0) is 13.0 Å². The number of aromatic nitrogens is 2. The number of ether oxygens (including phenoxy) is 1. The smallest absolute Gasteiger partial charge is 0.123 e. The number of rotatable bonds is 5. The van der Waals surface area contributed by atoms with Gasteiger partial charge < -0.3 is 9.30 Å². The number of hydrogen-bond donors (Lipinski definition) is 0. The van der Waals surface area contributed by atoms with Crippen LogP contribution in [0.2, 0.25) is 5.02 Å². The fourth-order valence-electron chi connectivity index (χ4n) is 2.56. The molecule has 2 aromatic carbocycles. The molecule has 1 heterocycles. The van der Waals surface area contributed by atoms with Crippen molar-refractivity contribution in [3.8, 4) is 5.75 Å². The van der Waals surface area contributed by atoms with Crippen LogP contribution in [0.25, 0.3) is 0 Å². The minimum atomic E-state index is 0.720. The van der Waals surface area contributed by atoms with Gasteiger partial charge in [0, 0.05) is 33.9 Å². The maximum Gasteiger partial charge on any atom is 0.123 e. The summed E-state index contributed by atoms with van der Waals surface area (Å²) < 4.78 is 8.53. The molecule has 0 bridgehead atoms. The summed E-state index contributed by atoms with van der Waals surface area (Å²) in [5, 5.41) is 0.720. The third kappa shape index (κ3) is 3.95. The van der Waals surface area contributed by atoms with E-state index >= 15 is 0 Å². The van der Waals surface area contributed by atoms with E-state index in [1.165, 1.54) is 0 Å². The van der Waals surface area contributed by atoms with Gasteiger partial charge >= 0.3 is 0 Å². The Morgan fingerprint density at radius 1 is 1.22 bits per heavy atom. The molecule has 3 rings (SSSR count). The first-order chi connectivity index (χ1) is 11.2. The van der Waals surface area contributed by atoms with Crippen LogP contribution in [0, 0.1) is 0 Å². The quantitative estimate of drug-likeness (QED) is 0.615. The standard InChI is InChI=1S/C18H16BrClN2O/c1-23-17-5-3-2-4-14(17)12-22-7-6-21-18(22)10-13-8-15(19)11-16(20)9-13/h2-9,11H,10,12H2,1H3. The monoisotopic (exact) mass is 390 g/mol. The first kappa shape index (κ1) is 16.1. The normalized spacial score (nSPS) is 10.7. The molecule has 5 heteroatoms. The van der Waals surface area contributed by atoms with Gasteiger partial charge in [-0.3, -0.25) is 0 Å². The van der Waals surface area contributed by atoms with Crippen molar-refractivity contribution in [1.82, 2.24) is 9.55 Å². The molecule has 0 aliphatic carbocycles. The molecule has 0 unspecified atom stereocenters. The van der Waals surface area contributed by atoms with Gasteiger partial charge in [-0.1, -0.05) is 45.7 Å². The molecule has 0 fully saturated rings. The zero-order valence-electron chi connectivity index (χ0n) is 12.7. The van der Waals surface area contributed by atoms with Crippen molar-refractivity contribution in [2.75, 3.05) is 7.11 Å². The lowest BCUT2D eigenvalue weighted by atomic mass is 10.1. The largest absolute Gasteiger partial charge is 0.496 e. The predicted molar refractivity (Wildman–Crippen MR) is 96.3 cm³/mol. The number of methoxy groups -OCH3 is 1. The van der Waals surface area contributed by atoms with Gasteiger partial charge in [-0.25, -0.2) is 4.98 Å². The molecule has 0 spiro atoms. The van der Waals surface area contributed by atoms with Gasteiger partial charge in [0.25, 0.3) is 0 Å². The lowest BCUT2D eigenvalue weighted by Crippen LogP contribution is -2.06. The third-order valence-corrected chi connectivity index (χ3v) is 4.30. The minimum Gasteiger partial charge on any atom is -0.496 e. The molecule has 118 valence electrons. The van der Waals surface area contributed by atoms with Crippen molar-refractivity contribution < 1.29 is 4.74 Å². The number of nitrogens with zero attached hydrogens (tertiary/aromatic N) is 2. The Morgan fingerprint density at radius 2 is 2.04 bits per heavy atom. The Balaban J connectivity index is 1.85. The lowest BCUT2D eigenvalue weighted by Gasteiger charge is -2.12. The maximum atomic E-state index is 6.13. The fourth-order valence-corrected chi connectivity index (χ4v) is 3.49. The Morgan fingerprint density at radius 3 is 2.83 bits per heavy atom. The highest BCUT2D eigenvalue weighted by atomic mass is 79.9. The van der Waals surface area contributed by atoms with Gasteiger partial charge in [0.05, 0.1) is 13.7 Å². The lowest BCUT2D eigenvalue weighted by molar-refractivity contribution is 0.408. The Kier molecular flexibility index (Phi) is 5.03. The highest BCUT2D eigenvalue weighted by molar-refractivity contribution is 9.10. The Hall–Kier alpha value is -1.78. The summed E-state index contributed by atoms with van der Waals surface area (Å²) >= 11 is 9.61. The van der Waals surface area contributed by atoms with E-state index in [1.807, 2.05) is 42.7 Å². The average Bonchev–Trinajstić information content (AvgIpc) is 2.94. The zero-order valence-corrected chi connectivity index (χ0v) is 15.0. The number of halogens is 2. The van der Waals surface area contributed by atoms with Gasteiger partial charge in [0.15, 0.2) is 0 Å². The van der Waals surface area contributed by atoms with Crippen LogP contribution in [0.5, 0.6) is 5.75 Å². The first-order valence-electron chi connectivity index (χ1n) is 7.22. The number of para-hydroxylation sites is 1. The van der Waals surface area contributed by atoms with E-state index in [0.29, 0.717) is 0 Å². The van der Waals surface area contributed by atoms with Crippen molar-refractivity contribution in [3.63, 3.8) is 0 Å². The van der Waals surface area contributed by atoms with Crippen molar-refractivity contribution in [2.45, 2.75) is 13.0 Å². The van der Waals surface area contributed by atoms with Crippen molar-refractivity contribution >= 4 is 27.5 Å². The van der Waals surface area contributed by atoms with E-state index in [4.69, 9.17) is 16.3 Å². The highest BCUT2D eigenvalue weighted by Crippen LogP contribution is 2.23. The highest BCUT2D eigenvalue weighted by Gasteiger charge is 2.09. The molecule has 23 heavy (non-hydrogen) atoms. The minimum absolute atomic E-state index is 0.720. The summed E-state index contributed by atoms with van der Waals surface area (Å²) in [6.07, 6.45) is 4.53. The van der Waals surface area contributed by atoms with Crippen molar-refractivity contribution in [1.29, 1.82) is 0 Å². The van der Waals surface area contributed by atoms with E-state index in [1.54, 1.807) is 7.11 Å². The van der Waals surface area contributed by atoms with Crippen LogP contribution in [0.1, 0.15) is 17.0 Å². The summed E-state index contributed by atoms with van der Waals surface area (Å²) in [7, 11) is 1.69. The summed E-state index contributed by atoms with van der Waals surface area (Å²) in [4.78, 5) is 4.49. The Labute approximate surface area is 149 Å². The summed E-state index contributed by atoms with van der Waals surface area (Å²) in [6, 6.07) is 13.9. The topological polar surface area (TPSA) is 27.1 Å². The van der Waals surface area contributed by atoms with E-state index in [9.17, 15) is 0 Å². The fraction of sp³-hybridized carbons (Fsp3) is 0.167. The molecular weight excluding hydrogens is 376 g/mol. The summed E-state index contributed by atoms with van der Waals surface area (Å²) in [5.74, 6) is 1.88. The van der Waals surface area contributed by atoms with Crippen molar-refractivity contribution in [2.24, 2.45) is 0 Å². The molecule has 0 saturated heterocycles. The second kappa shape index (κ2) is 7.20. The number of benzene rings is 2. The average molecular weight is 392 g/mol. The van der Waals surface area contributed by atoms with E-state index in [-0.39, 0.29) is 0 Å². The molecule has 0 atom stereocenters. The molecule has 0 N–H and O–H groups in total. The van der Waals surface area contributed by atoms with E-state index in [0.717, 1.165) is 45.2 Å². The zero-order chi connectivity index (χ0) is 16.2. The maximum absolute atomic E-state index is 6.13. The molecule has 1 aromatic heterocycles. The number of imidazole rings is 1. The molecule has 3 nitrogen and oxygen atoms in total. The second-order valence-electron chi connectivity index (χ2n) is 5.24. The van der Waals surface area contributed by atoms with Gasteiger partial charge in [0.1, 0.15) is 11.6 Å². The van der Waals surface area contributed by atoms with Gasteiger partial charge in [-0.05, 0) is 29.8 Å². The molecule has 0 amide bonds. The van der Waals surface area contributed by atoms with Gasteiger partial charge in [0.2, 0.25) is 0 Å². The van der Waals surface area contributed by atoms with Crippen molar-refractivity contribution in [3.05, 3.63) is 81.3 Å². The first-order valence-corrected chi connectivity index (χ1v) is 8.39. The van der Waals surface area contributed by atoms with Crippen LogP contribution in [0.15, 0.2) is 59.3 Å². The van der Waals surface area contributed by atoms with Crippen LogP contribution >= 0.6 is 27.5 Å². The van der Waals surface area contributed by atoms with Crippen LogP contribution in [0.4, 0.5) is 0 Å². The van der Waals surface area contributed by atoms with Gasteiger partial charge in [-0.2, -0.15) is 0 Å². The Bertz CT molecular complexity index is 796. The summed E-state index contributed by atoms with van der Waals surface area (Å²) in [5.41, 5.74) is 2.25. The second-order valence-corrected chi connectivity index (χ2v) is 6.59. The SMILES string of the molecule is COc1ccccc1Cn1ccnc1Cc1cc(Cl)cc(Br)c1. The van der Waals surface area contributed by atoms with Crippen LogP contribution < -0.4 is 4.74 Å². The van der Waals surface area contributed by atoms with E-state index in [2.05, 4.69) is 37.6 Å². The predicted octanol–water partition coefficient (Wildman–Crippen LogP) is 4.95. The molecular formula is C18H16BrClN2O. The third-order valence-electron chi connectivity index (χ3n) is 3.62. The molecule has 0 aliphatic heterocycles. The molecule has 0 radical (unpaired) electrons. The molecule has 3 aromatic rings. The number of hydrogen-bond acceptors (Lipinski definition) is 2. The van der Waals surface area contributed by atoms with Gasteiger partial charge in [-0.15, -0.1) is 0 Å². The van der Waals surface area contributed by atoms with E-state index < -0.39 is 0 Å². The van der Waals surface area contributed by atoms with Crippen LogP contribution in [-0.4, -0.2) is 16.7 Å².